The standard InChI is InChI=1S/C26H23Cl2N3O3S2/c27-21-12-11-20(16-22(21)28)36(33,34)31-24-6-2-1-5-23(24)30-26(32)25(31)13-15-35-14-3-4-18-7-9-19(17-29)10-8-18/h1-2,5-12,16,25H,3-4,13-15H2,(H,30,32)/t25-/m1/s1. The maximum absolute atomic E-state index is 13.7. The Morgan fingerprint density at radius 1 is 1.00 bits per heavy atom. The van der Waals surface area contributed by atoms with Gasteiger partial charge in [-0.3, -0.25) is 9.10 Å². The van der Waals surface area contributed by atoms with Crippen molar-refractivity contribution in [1.29, 1.82) is 5.26 Å². The number of nitrogens with zero attached hydrogens (tertiary/aromatic N) is 2. The van der Waals surface area contributed by atoms with Gasteiger partial charge < -0.3 is 5.32 Å². The number of para-hydroxylation sites is 2. The first kappa shape index (κ1) is 26.4. The maximum atomic E-state index is 13.7. The lowest BCUT2D eigenvalue weighted by molar-refractivity contribution is -0.117. The molecule has 0 unspecified atom stereocenters. The van der Waals surface area contributed by atoms with Gasteiger partial charge in [-0.1, -0.05) is 47.5 Å². The summed E-state index contributed by atoms with van der Waals surface area (Å²) in [5.41, 5.74) is 2.66. The van der Waals surface area contributed by atoms with Gasteiger partial charge in [-0.25, -0.2) is 8.42 Å². The Morgan fingerprint density at radius 2 is 1.75 bits per heavy atom. The third-order valence-corrected chi connectivity index (χ3v) is 9.47. The molecule has 0 saturated carbocycles. The Balaban J connectivity index is 1.46. The van der Waals surface area contributed by atoms with Crippen molar-refractivity contribution in [2.75, 3.05) is 21.1 Å². The van der Waals surface area contributed by atoms with Gasteiger partial charge in [0.15, 0.2) is 0 Å². The van der Waals surface area contributed by atoms with Crippen LogP contribution in [0.2, 0.25) is 10.0 Å². The van der Waals surface area contributed by atoms with Gasteiger partial charge in [-0.05, 0) is 78.8 Å². The van der Waals surface area contributed by atoms with E-state index in [4.69, 9.17) is 28.5 Å². The van der Waals surface area contributed by atoms with E-state index in [1.807, 2.05) is 24.3 Å². The molecule has 0 spiro atoms. The second-order valence-corrected chi connectivity index (χ2v) is 12.1. The highest BCUT2D eigenvalue weighted by molar-refractivity contribution is 7.99. The summed E-state index contributed by atoms with van der Waals surface area (Å²) in [6.07, 6.45) is 2.16. The number of anilines is 2. The van der Waals surface area contributed by atoms with E-state index in [9.17, 15) is 13.2 Å². The number of nitriles is 1. The first-order valence-corrected chi connectivity index (χ1v) is 14.6. The topological polar surface area (TPSA) is 90.3 Å². The monoisotopic (exact) mass is 559 g/mol. The Hall–Kier alpha value is -2.70. The molecule has 1 heterocycles. The molecular formula is C26H23Cl2N3O3S2. The van der Waals surface area contributed by atoms with Crippen LogP contribution in [0.25, 0.3) is 0 Å². The van der Waals surface area contributed by atoms with Crippen LogP contribution in [0.15, 0.2) is 71.6 Å². The Kier molecular flexibility index (Phi) is 8.47. The highest BCUT2D eigenvalue weighted by atomic mass is 35.5. The summed E-state index contributed by atoms with van der Waals surface area (Å²) in [7, 11) is -4.09. The first-order chi connectivity index (χ1) is 17.3. The quantitative estimate of drug-likeness (QED) is 0.318. The van der Waals surface area contributed by atoms with Gasteiger partial charge in [-0.15, -0.1) is 0 Å². The molecule has 3 aromatic carbocycles. The van der Waals surface area contributed by atoms with Gasteiger partial charge in [0.1, 0.15) is 6.04 Å². The minimum Gasteiger partial charge on any atom is -0.322 e. The van der Waals surface area contributed by atoms with Crippen molar-refractivity contribution in [3.05, 3.63) is 87.9 Å². The van der Waals surface area contributed by atoms with Crippen molar-refractivity contribution < 1.29 is 13.2 Å². The molecule has 0 radical (unpaired) electrons. The summed E-state index contributed by atoms with van der Waals surface area (Å²) in [5, 5.41) is 12.1. The van der Waals surface area contributed by atoms with E-state index in [2.05, 4.69) is 11.4 Å². The Morgan fingerprint density at radius 3 is 2.47 bits per heavy atom. The molecule has 0 aliphatic carbocycles. The lowest BCUT2D eigenvalue weighted by Crippen LogP contribution is -2.51. The third kappa shape index (κ3) is 5.81. The van der Waals surface area contributed by atoms with Gasteiger partial charge in [0, 0.05) is 0 Å². The molecule has 0 fully saturated rings. The van der Waals surface area contributed by atoms with Crippen LogP contribution in [-0.2, 0) is 21.2 Å². The molecule has 1 amide bonds. The fourth-order valence-electron chi connectivity index (χ4n) is 3.98. The SMILES string of the molecule is N#Cc1ccc(CCCSCC[C@@H]2C(=O)Nc3ccccc3N2S(=O)(=O)c2ccc(Cl)c(Cl)c2)cc1. The fourth-order valence-corrected chi connectivity index (χ4v) is 6.97. The van der Waals surface area contributed by atoms with E-state index in [1.54, 1.807) is 36.0 Å². The number of amides is 1. The number of carbonyl (C=O) groups is 1. The number of fused-ring (bicyclic) bond motifs is 1. The van der Waals surface area contributed by atoms with Crippen molar-refractivity contribution in [2.24, 2.45) is 0 Å². The number of benzene rings is 3. The van der Waals surface area contributed by atoms with Crippen LogP contribution in [0.5, 0.6) is 0 Å². The molecule has 4 rings (SSSR count). The predicted molar refractivity (Wildman–Crippen MR) is 146 cm³/mol. The van der Waals surface area contributed by atoms with E-state index in [1.165, 1.54) is 22.5 Å². The number of hydrogen-bond donors (Lipinski definition) is 1. The molecule has 0 aromatic heterocycles. The second kappa shape index (κ2) is 11.6. The van der Waals surface area contributed by atoms with Gasteiger partial charge in [0.25, 0.3) is 10.0 Å². The largest absolute Gasteiger partial charge is 0.322 e. The number of hydrogen-bond acceptors (Lipinski definition) is 5. The van der Waals surface area contributed by atoms with E-state index >= 15 is 0 Å². The van der Waals surface area contributed by atoms with Crippen LogP contribution >= 0.6 is 35.0 Å². The summed E-state index contributed by atoms with van der Waals surface area (Å²) in [5.74, 6) is 1.11. The van der Waals surface area contributed by atoms with Gasteiger partial charge in [0.2, 0.25) is 5.91 Å². The normalized spacial score (nSPS) is 15.2. The van der Waals surface area contributed by atoms with Crippen LogP contribution in [-0.4, -0.2) is 31.9 Å². The number of halogens is 2. The maximum Gasteiger partial charge on any atom is 0.265 e. The summed E-state index contributed by atoms with van der Waals surface area (Å²) >= 11 is 13.8. The van der Waals surface area contributed by atoms with Gasteiger partial charge in [-0.2, -0.15) is 17.0 Å². The molecule has 1 aliphatic heterocycles. The summed E-state index contributed by atoms with van der Waals surface area (Å²) in [4.78, 5) is 13.0. The number of aryl methyl sites for hydroxylation is 1. The average Bonchev–Trinajstić information content (AvgIpc) is 2.87. The van der Waals surface area contributed by atoms with Crippen LogP contribution < -0.4 is 9.62 Å². The predicted octanol–water partition coefficient (Wildman–Crippen LogP) is 6.14. The van der Waals surface area contributed by atoms with E-state index < -0.39 is 16.1 Å². The molecule has 0 saturated heterocycles. The summed E-state index contributed by atoms with van der Waals surface area (Å²) in [6, 6.07) is 19.7. The third-order valence-electron chi connectivity index (χ3n) is 5.81. The fraction of sp³-hybridized carbons (Fsp3) is 0.231. The molecule has 0 bridgehead atoms. The minimum atomic E-state index is -4.09. The number of carbonyl (C=O) groups excluding carboxylic acids is 1. The average molecular weight is 561 g/mol. The highest BCUT2D eigenvalue weighted by Gasteiger charge is 2.40. The molecule has 1 atom stereocenters. The molecule has 36 heavy (non-hydrogen) atoms. The van der Waals surface area contributed by atoms with E-state index in [0.717, 1.165) is 24.2 Å². The number of rotatable bonds is 9. The number of thioether (sulfide) groups is 1. The van der Waals surface area contributed by atoms with Gasteiger partial charge in [0.05, 0.1) is 37.9 Å². The molecule has 3 aromatic rings. The molecule has 10 heteroatoms. The van der Waals surface area contributed by atoms with Crippen LogP contribution in [0, 0.1) is 11.3 Å². The van der Waals surface area contributed by atoms with E-state index in [0.29, 0.717) is 29.1 Å². The molecular weight excluding hydrogens is 537 g/mol. The van der Waals surface area contributed by atoms with Crippen molar-refractivity contribution in [1.82, 2.24) is 0 Å². The Labute approximate surface area is 225 Å². The zero-order valence-electron chi connectivity index (χ0n) is 19.2. The smallest absolute Gasteiger partial charge is 0.265 e. The second-order valence-electron chi connectivity index (χ2n) is 8.21. The zero-order valence-corrected chi connectivity index (χ0v) is 22.3. The molecule has 1 aliphatic rings. The van der Waals surface area contributed by atoms with E-state index in [-0.39, 0.29) is 20.8 Å². The molecule has 6 nitrogen and oxygen atoms in total. The van der Waals surface area contributed by atoms with Gasteiger partial charge >= 0.3 is 0 Å². The van der Waals surface area contributed by atoms with Crippen molar-refractivity contribution in [3.63, 3.8) is 0 Å². The van der Waals surface area contributed by atoms with Crippen LogP contribution in [0.1, 0.15) is 24.0 Å². The Bertz CT molecular complexity index is 1410. The van der Waals surface area contributed by atoms with Crippen molar-refractivity contribution >= 4 is 62.3 Å². The minimum absolute atomic E-state index is 0.0264. The summed E-state index contributed by atoms with van der Waals surface area (Å²) in [6.45, 7) is 0. The lowest BCUT2D eigenvalue weighted by atomic mass is 10.1. The number of nitrogens with one attached hydrogen (secondary N) is 1. The molecule has 1 N–H and O–H groups in total. The first-order valence-electron chi connectivity index (χ1n) is 11.3. The van der Waals surface area contributed by atoms with Crippen molar-refractivity contribution in [3.8, 4) is 6.07 Å². The zero-order chi connectivity index (χ0) is 25.7. The van der Waals surface area contributed by atoms with Crippen molar-refractivity contribution in [2.45, 2.75) is 30.2 Å². The van der Waals surface area contributed by atoms with Crippen LogP contribution in [0.4, 0.5) is 11.4 Å². The summed E-state index contributed by atoms with van der Waals surface area (Å²) < 4.78 is 28.7. The highest BCUT2D eigenvalue weighted by Crippen LogP contribution is 2.38. The number of sulfonamides is 1. The van der Waals surface area contributed by atoms with Crippen LogP contribution in [0.3, 0.4) is 0 Å². The molecule has 186 valence electrons. The lowest BCUT2D eigenvalue weighted by Gasteiger charge is -2.37.